The molecular weight excluding hydrogens is 703 g/mol. The molecule has 0 bridgehead atoms. The maximum Gasteiger partial charge on any atom is 2.00 e. The van der Waals surface area contributed by atoms with Crippen molar-refractivity contribution >= 4 is 0 Å². The first-order valence-corrected chi connectivity index (χ1v) is 16.6. The second kappa shape index (κ2) is 18.5. The third-order valence-electron chi connectivity index (χ3n) is 8.49. The van der Waals surface area contributed by atoms with Crippen LogP contribution in [0, 0.1) is 12.5 Å². The zero-order valence-electron chi connectivity index (χ0n) is 30.6. The molecule has 0 saturated carbocycles. The van der Waals surface area contributed by atoms with E-state index in [1.807, 2.05) is 12.1 Å². The predicted molar refractivity (Wildman–Crippen MR) is 196 cm³/mol. The topological polar surface area (TPSA) is 0 Å². The molecule has 0 N–H and O–H groups in total. The van der Waals surface area contributed by atoms with Crippen LogP contribution in [0.2, 0.25) is 0 Å². The van der Waals surface area contributed by atoms with Crippen LogP contribution in [0.1, 0.15) is 114 Å². The SMILES string of the molecule is CC(C)(C)c1[c-]c2c(cc1)-c1ccc(C(C)(C)C)cc1C2.CC[c-]1ccc(C(C)(C)C)c1.[Cl-].[Cl-].[Zr+2].c1ccc([CH-]c2ccccc2)cc1. The first-order chi connectivity index (χ1) is 21.1. The van der Waals surface area contributed by atoms with Crippen molar-refractivity contribution in [2.24, 2.45) is 0 Å². The fraction of sp³-hybridized carbons (Fsp3) is 0.333. The Morgan fingerprint density at radius 2 is 1.15 bits per heavy atom. The van der Waals surface area contributed by atoms with Gasteiger partial charge < -0.3 is 24.8 Å². The van der Waals surface area contributed by atoms with E-state index in [1.54, 1.807) is 0 Å². The Morgan fingerprint density at radius 1 is 0.625 bits per heavy atom. The average molecular weight is 756 g/mol. The summed E-state index contributed by atoms with van der Waals surface area (Å²) in [6.45, 7) is 22.6. The number of halogens is 2. The van der Waals surface area contributed by atoms with Gasteiger partial charge in [0.25, 0.3) is 0 Å². The summed E-state index contributed by atoms with van der Waals surface area (Å²) in [6.07, 6.45) is 4.34. The van der Waals surface area contributed by atoms with Gasteiger partial charge in [0.2, 0.25) is 0 Å². The molecule has 0 aromatic heterocycles. The van der Waals surface area contributed by atoms with Gasteiger partial charge in [-0.25, -0.2) is 6.07 Å². The summed E-state index contributed by atoms with van der Waals surface area (Å²) in [5, 5.41) is 0. The standard InChI is InChI=1S/C21H25.C13H11.C11H17.2ClH.Zr/c1-20(2,3)16-7-9-18-14(12-16)11-15-13-17(21(4,5)6)8-10-19(15)18;1-3-7-12(8-4-1)11-13-9-5-2-6-10-13;1-5-9-6-7-10(8-9)11(2,3)4;;;/h7-10,12H,11H2,1-6H3;1-11H;6-8H,5H2,1-4H3;2*1H;/q3*-1;;;+2/p-2. The van der Waals surface area contributed by atoms with Crippen molar-refractivity contribution in [1.29, 1.82) is 0 Å². The van der Waals surface area contributed by atoms with E-state index in [-0.39, 0.29) is 61.8 Å². The van der Waals surface area contributed by atoms with Crippen molar-refractivity contribution in [3.8, 4) is 11.1 Å². The molecule has 48 heavy (non-hydrogen) atoms. The summed E-state index contributed by atoms with van der Waals surface area (Å²) >= 11 is 0. The van der Waals surface area contributed by atoms with Crippen molar-refractivity contribution in [3.63, 3.8) is 0 Å². The van der Waals surface area contributed by atoms with Gasteiger partial charge in [0.15, 0.2) is 0 Å². The molecule has 0 spiro atoms. The molecule has 0 amide bonds. The molecule has 0 heterocycles. The van der Waals surface area contributed by atoms with Crippen LogP contribution in [-0.4, -0.2) is 0 Å². The summed E-state index contributed by atoms with van der Waals surface area (Å²) in [5.41, 5.74) is 14.4. The maximum atomic E-state index is 3.67. The quantitative estimate of drug-likeness (QED) is 0.189. The second-order valence-corrected chi connectivity index (χ2v) is 15.4. The minimum absolute atomic E-state index is 0. The van der Waals surface area contributed by atoms with Gasteiger partial charge >= 0.3 is 26.2 Å². The summed E-state index contributed by atoms with van der Waals surface area (Å²) in [6, 6.07) is 42.6. The molecular formula is C45H53Cl2Zr-3. The minimum Gasteiger partial charge on any atom is -1.00 e. The molecule has 0 radical (unpaired) electrons. The fourth-order valence-electron chi connectivity index (χ4n) is 5.50. The van der Waals surface area contributed by atoms with Crippen LogP contribution in [0.5, 0.6) is 0 Å². The van der Waals surface area contributed by atoms with E-state index < -0.39 is 0 Å². The van der Waals surface area contributed by atoms with Crippen LogP contribution in [0.3, 0.4) is 0 Å². The molecule has 0 unspecified atom stereocenters. The number of benzene rings is 4. The Hall–Kier alpha value is -2.44. The molecule has 5 aromatic rings. The third kappa shape index (κ3) is 12.2. The Morgan fingerprint density at radius 3 is 1.58 bits per heavy atom. The zero-order valence-corrected chi connectivity index (χ0v) is 34.6. The van der Waals surface area contributed by atoms with E-state index in [1.165, 1.54) is 55.6 Å². The molecule has 5 aromatic carbocycles. The smallest absolute Gasteiger partial charge is 1.00 e. The van der Waals surface area contributed by atoms with Crippen LogP contribution in [0.15, 0.2) is 109 Å². The van der Waals surface area contributed by atoms with Crippen molar-refractivity contribution in [3.05, 3.63) is 166 Å². The molecule has 1 aliphatic carbocycles. The van der Waals surface area contributed by atoms with E-state index in [4.69, 9.17) is 0 Å². The van der Waals surface area contributed by atoms with Crippen molar-refractivity contribution in [2.75, 3.05) is 0 Å². The van der Waals surface area contributed by atoms with E-state index in [2.05, 4.69) is 179 Å². The van der Waals surface area contributed by atoms with Crippen molar-refractivity contribution in [2.45, 2.75) is 98.3 Å². The number of fused-ring (bicyclic) bond motifs is 3. The van der Waals surface area contributed by atoms with E-state index in [0.717, 1.165) is 12.8 Å². The molecule has 0 atom stereocenters. The van der Waals surface area contributed by atoms with Gasteiger partial charge in [-0.3, -0.25) is 0 Å². The number of aryl methyl sites for hydroxylation is 1. The van der Waals surface area contributed by atoms with Crippen LogP contribution < -0.4 is 24.8 Å². The molecule has 254 valence electrons. The van der Waals surface area contributed by atoms with Crippen LogP contribution in [0.4, 0.5) is 0 Å². The Balaban J connectivity index is 0.000000372. The van der Waals surface area contributed by atoms with Gasteiger partial charge in [-0.05, 0) is 28.4 Å². The Labute approximate surface area is 324 Å². The number of hydrogen-bond acceptors (Lipinski definition) is 0. The molecule has 0 aliphatic heterocycles. The van der Waals surface area contributed by atoms with Gasteiger partial charge in [-0.1, -0.05) is 141 Å². The van der Waals surface area contributed by atoms with Gasteiger partial charge in [-0.2, -0.15) is 47.0 Å². The fourth-order valence-corrected chi connectivity index (χ4v) is 5.50. The summed E-state index contributed by atoms with van der Waals surface area (Å²) < 4.78 is 0. The number of rotatable bonds is 3. The third-order valence-corrected chi connectivity index (χ3v) is 8.49. The molecule has 1 aliphatic rings. The Bertz CT molecular complexity index is 1560. The summed E-state index contributed by atoms with van der Waals surface area (Å²) in [5.74, 6) is 0. The minimum atomic E-state index is 0. The first-order valence-electron chi connectivity index (χ1n) is 16.6. The summed E-state index contributed by atoms with van der Waals surface area (Å²) in [7, 11) is 0. The van der Waals surface area contributed by atoms with Gasteiger partial charge in [0, 0.05) is 0 Å². The molecule has 6 rings (SSSR count). The molecule has 0 fully saturated rings. The van der Waals surface area contributed by atoms with Crippen molar-refractivity contribution < 1.29 is 51.0 Å². The Kier molecular flexibility index (Phi) is 16.8. The number of hydrogen-bond donors (Lipinski definition) is 0. The average Bonchev–Trinajstić information content (AvgIpc) is 3.63. The van der Waals surface area contributed by atoms with Gasteiger partial charge in [0.1, 0.15) is 0 Å². The van der Waals surface area contributed by atoms with Gasteiger partial charge in [0.05, 0.1) is 0 Å². The first kappa shape index (κ1) is 43.6. The second-order valence-electron chi connectivity index (χ2n) is 15.4. The van der Waals surface area contributed by atoms with E-state index in [0.29, 0.717) is 5.41 Å². The maximum absolute atomic E-state index is 3.67. The van der Waals surface area contributed by atoms with E-state index in [9.17, 15) is 0 Å². The zero-order chi connectivity index (χ0) is 32.8. The monoisotopic (exact) mass is 753 g/mol. The van der Waals surface area contributed by atoms with E-state index >= 15 is 0 Å². The molecule has 0 saturated heterocycles. The van der Waals surface area contributed by atoms with Crippen LogP contribution >= 0.6 is 0 Å². The molecule has 3 heteroatoms. The molecule has 0 nitrogen and oxygen atoms in total. The predicted octanol–water partition coefficient (Wildman–Crippen LogP) is 6.21. The van der Waals surface area contributed by atoms with Crippen LogP contribution in [0.25, 0.3) is 11.1 Å². The van der Waals surface area contributed by atoms with Crippen LogP contribution in [-0.2, 0) is 55.3 Å². The summed E-state index contributed by atoms with van der Waals surface area (Å²) in [4.78, 5) is 0. The van der Waals surface area contributed by atoms with Crippen molar-refractivity contribution in [1.82, 2.24) is 0 Å². The normalized spacial score (nSPS) is 11.5. The van der Waals surface area contributed by atoms with Gasteiger partial charge in [-0.15, -0.1) is 52.9 Å². The largest absolute Gasteiger partial charge is 2.00 e.